The fourth-order valence-corrected chi connectivity index (χ4v) is 1.72. The lowest BCUT2D eigenvalue weighted by Gasteiger charge is -2.05. The van der Waals surface area contributed by atoms with Gasteiger partial charge in [-0.1, -0.05) is 6.07 Å². The Labute approximate surface area is 95.9 Å². The van der Waals surface area contributed by atoms with Crippen molar-refractivity contribution in [2.45, 2.75) is 6.92 Å². The summed E-state index contributed by atoms with van der Waals surface area (Å²) in [6.45, 7) is 1.45. The molecule has 5 heteroatoms. The van der Waals surface area contributed by atoms with E-state index in [-0.39, 0.29) is 27.8 Å². The van der Waals surface area contributed by atoms with Crippen LogP contribution in [0.3, 0.4) is 0 Å². The molecule has 2 rings (SSSR count). The Kier molecular flexibility index (Phi) is 2.41. The van der Waals surface area contributed by atoms with Gasteiger partial charge in [-0.25, -0.2) is 4.79 Å². The van der Waals surface area contributed by atoms with Crippen molar-refractivity contribution in [1.29, 1.82) is 5.26 Å². The zero-order valence-corrected chi connectivity index (χ0v) is 8.94. The lowest BCUT2D eigenvalue weighted by molar-refractivity contribution is 0.0690. The molecule has 0 aliphatic rings. The number of carbonyl (C=O) groups is 1. The number of fused-ring (bicyclic) bond motifs is 1. The molecule has 0 unspecified atom stereocenters. The SMILES string of the molecule is Cc1c(C(=O)O)[nH]c2c(C#N)cccc2c1=O. The van der Waals surface area contributed by atoms with Crippen LogP contribution in [0.4, 0.5) is 0 Å². The Hall–Kier alpha value is -2.61. The lowest BCUT2D eigenvalue weighted by atomic mass is 10.1. The Balaban J connectivity index is 3.03. The molecule has 0 saturated heterocycles. The molecule has 5 nitrogen and oxygen atoms in total. The van der Waals surface area contributed by atoms with E-state index >= 15 is 0 Å². The van der Waals surface area contributed by atoms with Crippen LogP contribution in [0.15, 0.2) is 23.0 Å². The van der Waals surface area contributed by atoms with Gasteiger partial charge >= 0.3 is 5.97 Å². The summed E-state index contributed by atoms with van der Waals surface area (Å²) in [7, 11) is 0. The highest BCUT2D eigenvalue weighted by Crippen LogP contribution is 2.15. The maximum absolute atomic E-state index is 11.9. The van der Waals surface area contributed by atoms with Gasteiger partial charge in [0.1, 0.15) is 11.8 Å². The minimum Gasteiger partial charge on any atom is -0.477 e. The van der Waals surface area contributed by atoms with Crippen LogP contribution in [0.1, 0.15) is 21.6 Å². The number of H-pyrrole nitrogens is 1. The standard InChI is InChI=1S/C12H8N2O3/c1-6-9(12(16)17)14-10-7(5-13)3-2-4-8(10)11(6)15/h2-4H,1H3,(H,14,15)(H,16,17). The first-order valence-corrected chi connectivity index (χ1v) is 4.85. The van der Waals surface area contributed by atoms with Crippen LogP contribution in [0.25, 0.3) is 10.9 Å². The van der Waals surface area contributed by atoms with Crippen LogP contribution in [-0.4, -0.2) is 16.1 Å². The van der Waals surface area contributed by atoms with Crippen molar-refractivity contribution in [1.82, 2.24) is 4.98 Å². The summed E-state index contributed by atoms with van der Waals surface area (Å²) in [4.78, 5) is 25.5. The molecule has 1 heterocycles. The molecule has 2 aromatic rings. The van der Waals surface area contributed by atoms with Gasteiger partial charge in [-0.3, -0.25) is 4.79 Å². The summed E-state index contributed by atoms with van der Waals surface area (Å²) in [5.74, 6) is -1.21. The molecule has 0 amide bonds. The minimum atomic E-state index is -1.21. The van der Waals surface area contributed by atoms with Crippen molar-refractivity contribution in [3.63, 3.8) is 0 Å². The van der Waals surface area contributed by atoms with Gasteiger partial charge in [-0.15, -0.1) is 0 Å². The number of rotatable bonds is 1. The van der Waals surface area contributed by atoms with Crippen LogP contribution >= 0.6 is 0 Å². The van der Waals surface area contributed by atoms with Crippen LogP contribution in [-0.2, 0) is 0 Å². The van der Waals surface area contributed by atoms with Crippen molar-refractivity contribution in [3.05, 3.63) is 45.2 Å². The molecule has 0 saturated carbocycles. The first-order chi connectivity index (χ1) is 8.06. The molecular weight excluding hydrogens is 220 g/mol. The van der Waals surface area contributed by atoms with Crippen molar-refractivity contribution >= 4 is 16.9 Å². The third kappa shape index (κ3) is 1.56. The summed E-state index contributed by atoms with van der Waals surface area (Å²) >= 11 is 0. The van der Waals surface area contributed by atoms with E-state index in [1.807, 2.05) is 6.07 Å². The van der Waals surface area contributed by atoms with Gasteiger partial charge in [-0.05, 0) is 19.1 Å². The molecule has 2 N–H and O–H groups in total. The van der Waals surface area contributed by atoms with Crippen LogP contribution < -0.4 is 5.43 Å². The monoisotopic (exact) mass is 228 g/mol. The number of carboxylic acid groups (broad SMARTS) is 1. The first kappa shape index (κ1) is 10.9. The predicted molar refractivity (Wildman–Crippen MR) is 61.0 cm³/mol. The van der Waals surface area contributed by atoms with Crippen molar-refractivity contribution in [2.24, 2.45) is 0 Å². The van der Waals surface area contributed by atoms with E-state index in [0.717, 1.165) is 0 Å². The molecule has 0 bridgehead atoms. The normalized spacial score (nSPS) is 10.1. The van der Waals surface area contributed by atoms with Crippen LogP contribution in [0, 0.1) is 18.3 Å². The third-order valence-corrected chi connectivity index (χ3v) is 2.61. The number of nitrogens with one attached hydrogen (secondary N) is 1. The predicted octanol–water partition coefficient (Wildman–Crippen LogP) is 1.41. The lowest BCUT2D eigenvalue weighted by Crippen LogP contribution is -2.15. The summed E-state index contributed by atoms with van der Waals surface area (Å²) in [6, 6.07) is 6.60. The molecular formula is C12H8N2O3. The van der Waals surface area contributed by atoms with Gasteiger partial charge in [0, 0.05) is 10.9 Å². The maximum Gasteiger partial charge on any atom is 0.352 e. The maximum atomic E-state index is 11.9. The molecule has 0 aliphatic heterocycles. The summed E-state index contributed by atoms with van der Waals surface area (Å²) in [5.41, 5.74) is 0.114. The minimum absolute atomic E-state index is 0.139. The number of aromatic amines is 1. The Morgan fingerprint density at radius 1 is 1.47 bits per heavy atom. The number of nitriles is 1. The summed E-state index contributed by atoms with van der Waals surface area (Å²) < 4.78 is 0. The smallest absolute Gasteiger partial charge is 0.352 e. The van der Waals surface area contributed by atoms with Crippen LogP contribution in [0.5, 0.6) is 0 Å². The first-order valence-electron chi connectivity index (χ1n) is 4.85. The second kappa shape index (κ2) is 3.76. The Bertz CT molecular complexity index is 723. The summed E-state index contributed by atoms with van der Waals surface area (Å²) in [5, 5.41) is 18.2. The quantitative estimate of drug-likeness (QED) is 0.771. The number of hydrogen-bond acceptors (Lipinski definition) is 3. The topological polar surface area (TPSA) is 93.9 Å². The molecule has 1 aromatic carbocycles. The number of hydrogen-bond donors (Lipinski definition) is 2. The molecule has 0 fully saturated rings. The Morgan fingerprint density at radius 3 is 2.76 bits per heavy atom. The number of aromatic nitrogens is 1. The Morgan fingerprint density at radius 2 is 2.18 bits per heavy atom. The van der Waals surface area contributed by atoms with Crippen molar-refractivity contribution in [2.75, 3.05) is 0 Å². The zero-order chi connectivity index (χ0) is 12.6. The van der Waals surface area contributed by atoms with Gasteiger partial charge in [0.25, 0.3) is 0 Å². The highest BCUT2D eigenvalue weighted by molar-refractivity contribution is 5.93. The summed E-state index contributed by atoms with van der Waals surface area (Å²) in [6.07, 6.45) is 0. The fourth-order valence-electron chi connectivity index (χ4n) is 1.72. The van der Waals surface area contributed by atoms with Gasteiger partial charge in [0.05, 0.1) is 11.1 Å². The second-order valence-corrected chi connectivity index (χ2v) is 3.60. The van der Waals surface area contributed by atoms with E-state index in [1.165, 1.54) is 13.0 Å². The van der Waals surface area contributed by atoms with Gasteiger partial charge in [0.2, 0.25) is 0 Å². The van der Waals surface area contributed by atoms with E-state index in [9.17, 15) is 9.59 Å². The number of carboxylic acids is 1. The van der Waals surface area contributed by atoms with Gasteiger partial charge < -0.3 is 10.1 Å². The molecule has 1 aromatic heterocycles. The fraction of sp³-hybridized carbons (Fsp3) is 0.0833. The number of para-hydroxylation sites is 1. The van der Waals surface area contributed by atoms with E-state index in [2.05, 4.69) is 4.98 Å². The van der Waals surface area contributed by atoms with Gasteiger partial charge in [0.15, 0.2) is 5.43 Å². The van der Waals surface area contributed by atoms with Crippen molar-refractivity contribution < 1.29 is 9.90 Å². The largest absolute Gasteiger partial charge is 0.477 e. The van der Waals surface area contributed by atoms with E-state index in [1.54, 1.807) is 12.1 Å². The molecule has 0 radical (unpaired) electrons. The molecule has 0 spiro atoms. The highest BCUT2D eigenvalue weighted by Gasteiger charge is 2.14. The van der Waals surface area contributed by atoms with Crippen molar-refractivity contribution in [3.8, 4) is 6.07 Å². The molecule has 84 valence electrons. The van der Waals surface area contributed by atoms with E-state index < -0.39 is 5.97 Å². The zero-order valence-electron chi connectivity index (χ0n) is 8.94. The average molecular weight is 228 g/mol. The highest BCUT2D eigenvalue weighted by atomic mass is 16.4. The number of nitrogens with zero attached hydrogens (tertiary/aromatic N) is 1. The van der Waals surface area contributed by atoms with Gasteiger partial charge in [-0.2, -0.15) is 5.26 Å². The number of pyridine rings is 1. The number of aromatic carboxylic acids is 1. The average Bonchev–Trinajstić information content (AvgIpc) is 2.32. The molecule has 17 heavy (non-hydrogen) atoms. The van der Waals surface area contributed by atoms with Crippen LogP contribution in [0.2, 0.25) is 0 Å². The second-order valence-electron chi connectivity index (χ2n) is 3.60. The van der Waals surface area contributed by atoms with E-state index in [4.69, 9.17) is 10.4 Å². The number of benzene rings is 1. The third-order valence-electron chi connectivity index (χ3n) is 2.61. The molecule has 0 atom stereocenters. The molecule has 0 aliphatic carbocycles. The van der Waals surface area contributed by atoms with E-state index in [0.29, 0.717) is 5.39 Å².